The molecule has 1 amide bonds. The number of benzene rings is 3. The quantitative estimate of drug-likeness (QED) is 0.660. The number of rotatable bonds is 6. The highest BCUT2D eigenvalue weighted by Crippen LogP contribution is 2.18. The summed E-state index contributed by atoms with van der Waals surface area (Å²) in [5.41, 5.74) is 2.21. The maximum absolute atomic E-state index is 12.5. The molecule has 1 N–H and O–H groups in total. The minimum absolute atomic E-state index is 0.0785. The number of hydrogen-bond acceptors (Lipinski definition) is 4. The summed E-state index contributed by atoms with van der Waals surface area (Å²) in [6, 6.07) is 20.8. The number of carbonyl (C=O) groups is 1. The number of ether oxygens (including phenoxy) is 1. The Bertz CT molecular complexity index is 1130. The Kier molecular flexibility index (Phi) is 6.13. The molecule has 0 unspecified atom stereocenters. The van der Waals surface area contributed by atoms with Crippen LogP contribution in [0.5, 0.6) is 0 Å². The molecule has 7 heteroatoms. The van der Waals surface area contributed by atoms with Gasteiger partial charge in [0, 0.05) is 25.2 Å². The molecule has 0 saturated carbocycles. The highest BCUT2D eigenvalue weighted by atomic mass is 32.2. The van der Waals surface area contributed by atoms with Gasteiger partial charge in [-0.15, -0.1) is 0 Å². The molecule has 0 aromatic heterocycles. The van der Waals surface area contributed by atoms with Gasteiger partial charge >= 0.3 is 0 Å². The molecular weight excluding hydrogens is 400 g/mol. The van der Waals surface area contributed by atoms with Crippen molar-refractivity contribution in [3.8, 4) is 0 Å². The Balaban J connectivity index is 1.39. The van der Waals surface area contributed by atoms with E-state index in [9.17, 15) is 13.2 Å². The van der Waals surface area contributed by atoms with E-state index < -0.39 is 10.0 Å². The minimum Gasteiger partial charge on any atom is -0.379 e. The number of hydrogen-bond donors (Lipinski definition) is 1. The Morgan fingerprint density at radius 3 is 2.40 bits per heavy atom. The fraction of sp³-hybridized carbons (Fsp3) is 0.261. The minimum atomic E-state index is -3.38. The van der Waals surface area contributed by atoms with Gasteiger partial charge in [0.1, 0.15) is 0 Å². The van der Waals surface area contributed by atoms with Gasteiger partial charge in [0.2, 0.25) is 10.0 Å². The second kappa shape index (κ2) is 8.95. The molecule has 3 aromatic carbocycles. The van der Waals surface area contributed by atoms with Crippen LogP contribution in [0.3, 0.4) is 0 Å². The van der Waals surface area contributed by atoms with Crippen molar-refractivity contribution in [2.24, 2.45) is 0 Å². The van der Waals surface area contributed by atoms with Crippen molar-refractivity contribution in [2.45, 2.75) is 12.3 Å². The van der Waals surface area contributed by atoms with Crippen LogP contribution >= 0.6 is 0 Å². The van der Waals surface area contributed by atoms with Crippen molar-refractivity contribution in [3.63, 3.8) is 0 Å². The number of sulfonamides is 1. The van der Waals surface area contributed by atoms with E-state index in [4.69, 9.17) is 4.74 Å². The lowest BCUT2D eigenvalue weighted by Crippen LogP contribution is -2.41. The third-order valence-electron chi connectivity index (χ3n) is 5.25. The summed E-state index contributed by atoms with van der Waals surface area (Å²) in [6.07, 6.45) is 0. The van der Waals surface area contributed by atoms with Crippen molar-refractivity contribution < 1.29 is 17.9 Å². The summed E-state index contributed by atoms with van der Waals surface area (Å²) < 4.78 is 31.7. The largest absolute Gasteiger partial charge is 0.379 e. The molecule has 1 aliphatic heterocycles. The predicted molar refractivity (Wildman–Crippen MR) is 117 cm³/mol. The van der Waals surface area contributed by atoms with Crippen LogP contribution < -0.4 is 5.32 Å². The fourth-order valence-corrected chi connectivity index (χ4v) is 5.10. The van der Waals surface area contributed by atoms with Crippen LogP contribution in [0.2, 0.25) is 0 Å². The number of amides is 1. The first-order chi connectivity index (χ1) is 14.5. The van der Waals surface area contributed by atoms with E-state index in [2.05, 4.69) is 5.32 Å². The Morgan fingerprint density at radius 2 is 1.63 bits per heavy atom. The maximum Gasteiger partial charge on any atom is 0.251 e. The molecule has 0 spiro atoms. The zero-order valence-corrected chi connectivity index (χ0v) is 17.4. The molecule has 0 aliphatic carbocycles. The third-order valence-corrected chi connectivity index (χ3v) is 7.10. The Morgan fingerprint density at radius 1 is 0.933 bits per heavy atom. The average molecular weight is 425 g/mol. The summed E-state index contributed by atoms with van der Waals surface area (Å²) >= 11 is 0. The highest BCUT2D eigenvalue weighted by molar-refractivity contribution is 7.88. The molecular formula is C23H24N2O4S. The fourth-order valence-electron chi connectivity index (χ4n) is 3.60. The van der Waals surface area contributed by atoms with Crippen molar-refractivity contribution in [1.29, 1.82) is 0 Å². The smallest absolute Gasteiger partial charge is 0.251 e. The van der Waals surface area contributed by atoms with E-state index in [1.54, 1.807) is 24.3 Å². The van der Waals surface area contributed by atoms with E-state index in [0.29, 0.717) is 44.0 Å². The van der Waals surface area contributed by atoms with Crippen molar-refractivity contribution in [3.05, 3.63) is 83.4 Å². The van der Waals surface area contributed by atoms with Gasteiger partial charge in [-0.2, -0.15) is 4.31 Å². The lowest BCUT2D eigenvalue weighted by Gasteiger charge is -2.26. The SMILES string of the molecule is O=C(NCc1cccc2ccccc12)c1ccc(CS(=O)(=O)N2CCOCC2)cc1. The number of carbonyl (C=O) groups excluding carboxylic acids is 1. The standard InChI is InChI=1S/C23H24N2O4S/c26-23(24-16-21-6-3-5-19-4-1-2-7-22(19)21)20-10-8-18(9-11-20)17-30(27,28)25-12-14-29-15-13-25/h1-11H,12-17H2,(H,24,26). The van der Waals surface area contributed by atoms with Crippen LogP contribution in [-0.4, -0.2) is 44.9 Å². The van der Waals surface area contributed by atoms with Gasteiger partial charge in [-0.3, -0.25) is 4.79 Å². The van der Waals surface area contributed by atoms with Gasteiger partial charge in [0.25, 0.3) is 5.91 Å². The van der Waals surface area contributed by atoms with Crippen LogP contribution in [0, 0.1) is 0 Å². The van der Waals surface area contributed by atoms with Crippen LogP contribution in [0.25, 0.3) is 10.8 Å². The molecule has 0 atom stereocenters. The Hall–Kier alpha value is -2.74. The molecule has 0 bridgehead atoms. The molecule has 30 heavy (non-hydrogen) atoms. The summed E-state index contributed by atoms with van der Waals surface area (Å²) in [5.74, 6) is -0.268. The van der Waals surface area contributed by atoms with Gasteiger partial charge in [-0.05, 0) is 34.0 Å². The van der Waals surface area contributed by atoms with Crippen molar-refractivity contribution in [1.82, 2.24) is 9.62 Å². The normalized spacial score (nSPS) is 15.2. The zero-order chi connectivity index (χ0) is 21.0. The molecule has 156 valence electrons. The molecule has 1 heterocycles. The summed E-state index contributed by atoms with van der Waals surface area (Å²) in [5, 5.41) is 5.20. The second-order valence-corrected chi connectivity index (χ2v) is 9.25. The second-order valence-electron chi connectivity index (χ2n) is 7.29. The van der Waals surface area contributed by atoms with Gasteiger partial charge in [0.15, 0.2) is 0 Å². The van der Waals surface area contributed by atoms with E-state index >= 15 is 0 Å². The molecule has 4 rings (SSSR count). The summed E-state index contributed by atoms with van der Waals surface area (Å²) in [7, 11) is -3.38. The molecule has 1 fully saturated rings. The van der Waals surface area contributed by atoms with Crippen LogP contribution in [0.1, 0.15) is 21.5 Å². The summed E-state index contributed by atoms with van der Waals surface area (Å²) in [4.78, 5) is 12.5. The van der Waals surface area contributed by atoms with Crippen LogP contribution in [-0.2, 0) is 27.1 Å². The maximum atomic E-state index is 12.5. The third kappa shape index (κ3) is 4.70. The predicted octanol–water partition coefficient (Wildman–Crippen LogP) is 2.93. The van der Waals surface area contributed by atoms with E-state index in [0.717, 1.165) is 16.3 Å². The number of morpholine rings is 1. The molecule has 1 aliphatic rings. The number of fused-ring (bicyclic) bond motifs is 1. The molecule has 1 saturated heterocycles. The number of nitrogens with one attached hydrogen (secondary N) is 1. The van der Waals surface area contributed by atoms with E-state index in [1.807, 2.05) is 42.5 Å². The van der Waals surface area contributed by atoms with Crippen LogP contribution in [0.4, 0.5) is 0 Å². The summed E-state index contributed by atoms with van der Waals surface area (Å²) in [6.45, 7) is 2.05. The highest BCUT2D eigenvalue weighted by Gasteiger charge is 2.24. The Labute approximate surface area is 176 Å². The van der Waals surface area contributed by atoms with Crippen molar-refractivity contribution in [2.75, 3.05) is 26.3 Å². The van der Waals surface area contributed by atoms with Gasteiger partial charge in [-0.1, -0.05) is 54.6 Å². The van der Waals surface area contributed by atoms with E-state index in [-0.39, 0.29) is 11.7 Å². The lowest BCUT2D eigenvalue weighted by molar-refractivity contribution is 0.0729. The first-order valence-corrected chi connectivity index (χ1v) is 11.5. The zero-order valence-electron chi connectivity index (χ0n) is 16.6. The molecule has 6 nitrogen and oxygen atoms in total. The molecule has 0 radical (unpaired) electrons. The number of nitrogens with zero attached hydrogens (tertiary/aromatic N) is 1. The van der Waals surface area contributed by atoms with Crippen LogP contribution in [0.15, 0.2) is 66.7 Å². The van der Waals surface area contributed by atoms with Gasteiger partial charge < -0.3 is 10.1 Å². The van der Waals surface area contributed by atoms with Gasteiger partial charge in [-0.25, -0.2) is 8.42 Å². The first-order valence-electron chi connectivity index (χ1n) is 9.92. The lowest BCUT2D eigenvalue weighted by atomic mass is 10.0. The van der Waals surface area contributed by atoms with Gasteiger partial charge in [0.05, 0.1) is 19.0 Å². The van der Waals surface area contributed by atoms with E-state index in [1.165, 1.54) is 4.31 Å². The molecule has 3 aromatic rings. The average Bonchev–Trinajstić information content (AvgIpc) is 2.78. The monoisotopic (exact) mass is 424 g/mol. The van der Waals surface area contributed by atoms with Crippen molar-refractivity contribution >= 4 is 26.7 Å². The topological polar surface area (TPSA) is 75.7 Å². The first kappa shape index (κ1) is 20.5.